The lowest BCUT2D eigenvalue weighted by molar-refractivity contribution is 0.0450. The number of nitrogens with zero attached hydrogens (tertiary/aromatic N) is 2. The number of benzene rings is 2. The molecule has 184 valence electrons. The number of rotatable bonds is 5. The highest BCUT2D eigenvalue weighted by Gasteiger charge is 2.47. The topological polar surface area (TPSA) is 99.2 Å². The number of piperidine rings is 1. The van der Waals surface area contributed by atoms with Crippen molar-refractivity contribution >= 4 is 23.7 Å². The average Bonchev–Trinajstić information content (AvgIpc) is 3.31. The smallest absolute Gasteiger partial charge is 0.407 e. The van der Waals surface area contributed by atoms with Crippen LogP contribution in [0.1, 0.15) is 76.1 Å². The first kappa shape index (κ1) is 23.2. The van der Waals surface area contributed by atoms with Gasteiger partial charge in [0, 0.05) is 42.0 Å². The molecule has 3 unspecified atom stereocenters. The van der Waals surface area contributed by atoms with Crippen LogP contribution in [0.15, 0.2) is 36.4 Å². The molecule has 0 spiro atoms. The summed E-state index contributed by atoms with van der Waals surface area (Å²) in [4.78, 5) is 41.0. The minimum absolute atomic E-state index is 0.00983. The first-order chi connectivity index (χ1) is 16.8. The molecule has 3 heterocycles. The van der Waals surface area contributed by atoms with Gasteiger partial charge in [-0.1, -0.05) is 18.2 Å². The van der Waals surface area contributed by atoms with Crippen molar-refractivity contribution in [2.45, 2.75) is 70.2 Å². The van der Waals surface area contributed by atoms with Crippen LogP contribution >= 0.6 is 0 Å². The van der Waals surface area contributed by atoms with Gasteiger partial charge in [-0.2, -0.15) is 0 Å². The molecule has 2 amide bonds. The molecule has 0 saturated carbocycles. The highest BCUT2D eigenvalue weighted by Crippen LogP contribution is 2.41. The fourth-order valence-corrected chi connectivity index (χ4v) is 6.21. The number of carboxylic acid groups (broad SMARTS) is 1. The van der Waals surface area contributed by atoms with E-state index < -0.39 is 12.1 Å². The number of anilines is 1. The van der Waals surface area contributed by atoms with Crippen LogP contribution in [0.4, 0.5) is 10.5 Å². The summed E-state index contributed by atoms with van der Waals surface area (Å²) in [7, 11) is 1.36. The zero-order valence-corrected chi connectivity index (χ0v) is 20.3. The van der Waals surface area contributed by atoms with Crippen LogP contribution in [0.3, 0.4) is 0 Å². The SMILES string of the molecule is COC(=O)c1ccccc1NC(C)c1cc(C)cc2c1CN(C1CC3CC[C@@H](C1)N3C(=O)O)C2=O. The third-order valence-corrected chi connectivity index (χ3v) is 7.79. The van der Waals surface area contributed by atoms with Gasteiger partial charge in [-0.25, -0.2) is 9.59 Å². The number of hydrogen-bond donors (Lipinski definition) is 2. The van der Waals surface area contributed by atoms with E-state index in [-0.39, 0.29) is 30.1 Å². The lowest BCUT2D eigenvalue weighted by atomic mass is 9.95. The van der Waals surface area contributed by atoms with Crippen molar-refractivity contribution in [1.82, 2.24) is 9.80 Å². The fourth-order valence-electron chi connectivity index (χ4n) is 6.21. The molecule has 2 aromatic carbocycles. The van der Waals surface area contributed by atoms with Gasteiger partial charge in [-0.3, -0.25) is 4.79 Å². The van der Waals surface area contributed by atoms with Gasteiger partial charge in [0.25, 0.3) is 5.91 Å². The second-order valence-electron chi connectivity index (χ2n) is 9.92. The number of aryl methyl sites for hydroxylation is 1. The highest BCUT2D eigenvalue weighted by atomic mass is 16.5. The number of hydrogen-bond acceptors (Lipinski definition) is 5. The molecule has 0 aromatic heterocycles. The van der Waals surface area contributed by atoms with Crippen LogP contribution in [-0.2, 0) is 11.3 Å². The first-order valence-electron chi connectivity index (χ1n) is 12.2. The zero-order valence-electron chi connectivity index (χ0n) is 20.3. The van der Waals surface area contributed by atoms with Crippen molar-refractivity contribution in [3.05, 3.63) is 64.2 Å². The number of fused-ring (bicyclic) bond motifs is 3. The number of carbonyl (C=O) groups excluding carboxylic acids is 2. The standard InChI is InChI=1S/C27H31N3O5/c1-15-10-21(16(2)28-24-7-5-4-6-20(24)26(32)35-3)23-14-29(25(31)22(23)11-15)19-12-17-8-9-18(13-19)30(17)27(33)34/h4-7,10-11,16-19,28H,8-9,12-14H2,1-3H3,(H,33,34)/t16?,17-,18?,19?/m0/s1. The van der Waals surface area contributed by atoms with E-state index in [2.05, 4.69) is 11.4 Å². The number of carbonyl (C=O) groups is 3. The van der Waals surface area contributed by atoms with Crippen LogP contribution in [0.25, 0.3) is 0 Å². The van der Waals surface area contributed by atoms with Gasteiger partial charge in [-0.05, 0) is 74.4 Å². The molecule has 8 nitrogen and oxygen atoms in total. The van der Waals surface area contributed by atoms with Crippen molar-refractivity contribution in [1.29, 1.82) is 0 Å². The zero-order chi connectivity index (χ0) is 24.9. The maximum absolute atomic E-state index is 13.5. The molecule has 2 saturated heterocycles. The first-order valence-corrected chi connectivity index (χ1v) is 12.2. The average molecular weight is 478 g/mol. The Morgan fingerprint density at radius 1 is 1.11 bits per heavy atom. The molecule has 2 fully saturated rings. The van der Waals surface area contributed by atoms with Gasteiger partial charge in [0.05, 0.1) is 12.7 Å². The number of ether oxygens (including phenoxy) is 1. The van der Waals surface area contributed by atoms with E-state index in [0.717, 1.165) is 35.1 Å². The molecule has 35 heavy (non-hydrogen) atoms. The number of esters is 1. The molecule has 2 aromatic rings. The second-order valence-corrected chi connectivity index (χ2v) is 9.92. The summed E-state index contributed by atoms with van der Waals surface area (Å²) in [6, 6.07) is 11.2. The maximum atomic E-state index is 13.5. The Kier molecular flexibility index (Phi) is 5.91. The Morgan fingerprint density at radius 2 is 1.80 bits per heavy atom. The van der Waals surface area contributed by atoms with Crippen LogP contribution in [-0.4, -0.2) is 58.1 Å². The number of amides is 2. The summed E-state index contributed by atoms with van der Waals surface area (Å²) in [6.45, 7) is 4.54. The molecular weight excluding hydrogens is 446 g/mol. The quantitative estimate of drug-likeness (QED) is 0.612. The summed E-state index contributed by atoms with van der Waals surface area (Å²) in [5.41, 5.74) is 4.91. The monoisotopic (exact) mass is 477 g/mol. The van der Waals surface area contributed by atoms with Crippen molar-refractivity contribution in [3.8, 4) is 0 Å². The van der Waals surface area contributed by atoms with Gasteiger partial charge in [-0.15, -0.1) is 0 Å². The molecule has 8 heteroatoms. The van der Waals surface area contributed by atoms with E-state index in [4.69, 9.17) is 4.74 Å². The number of para-hydroxylation sites is 1. The van der Waals surface area contributed by atoms with E-state index in [0.29, 0.717) is 30.6 Å². The maximum Gasteiger partial charge on any atom is 0.407 e. The van der Waals surface area contributed by atoms with Crippen LogP contribution in [0.5, 0.6) is 0 Å². The number of methoxy groups -OCH3 is 1. The largest absolute Gasteiger partial charge is 0.465 e. The lowest BCUT2D eigenvalue weighted by Crippen LogP contribution is -2.52. The highest BCUT2D eigenvalue weighted by molar-refractivity contribution is 5.99. The molecule has 2 bridgehead atoms. The van der Waals surface area contributed by atoms with Crippen LogP contribution in [0, 0.1) is 6.92 Å². The van der Waals surface area contributed by atoms with E-state index in [1.165, 1.54) is 7.11 Å². The van der Waals surface area contributed by atoms with Crippen LogP contribution in [0.2, 0.25) is 0 Å². The summed E-state index contributed by atoms with van der Waals surface area (Å²) >= 11 is 0. The molecule has 3 aliphatic rings. The van der Waals surface area contributed by atoms with Gasteiger partial charge < -0.3 is 25.0 Å². The Hall–Kier alpha value is -3.55. The van der Waals surface area contributed by atoms with E-state index in [9.17, 15) is 19.5 Å². The van der Waals surface area contributed by atoms with Gasteiger partial charge in [0.1, 0.15) is 0 Å². The van der Waals surface area contributed by atoms with Crippen molar-refractivity contribution in [3.63, 3.8) is 0 Å². The Balaban J connectivity index is 1.40. The number of nitrogens with one attached hydrogen (secondary N) is 1. The molecule has 5 rings (SSSR count). The molecule has 2 N–H and O–H groups in total. The summed E-state index contributed by atoms with van der Waals surface area (Å²) in [6.07, 6.45) is 2.27. The molecule has 4 atom stereocenters. The van der Waals surface area contributed by atoms with Gasteiger partial charge in [0.2, 0.25) is 0 Å². The third-order valence-electron chi connectivity index (χ3n) is 7.79. The fraction of sp³-hybridized carbons (Fsp3) is 0.444. The van der Waals surface area contributed by atoms with Crippen LogP contribution < -0.4 is 5.32 Å². The Morgan fingerprint density at radius 3 is 2.46 bits per heavy atom. The molecular formula is C27H31N3O5. The van der Waals surface area contributed by atoms with Crippen molar-refractivity contribution in [2.24, 2.45) is 0 Å². The third kappa shape index (κ3) is 4.00. The predicted molar refractivity (Wildman–Crippen MR) is 131 cm³/mol. The molecule has 0 aliphatic carbocycles. The molecule has 0 radical (unpaired) electrons. The minimum atomic E-state index is -0.850. The molecule has 3 aliphatic heterocycles. The van der Waals surface area contributed by atoms with E-state index in [1.807, 2.05) is 36.9 Å². The minimum Gasteiger partial charge on any atom is -0.465 e. The predicted octanol–water partition coefficient (Wildman–Crippen LogP) is 4.58. The van der Waals surface area contributed by atoms with E-state index >= 15 is 0 Å². The van der Waals surface area contributed by atoms with Gasteiger partial charge in [0.15, 0.2) is 0 Å². The summed E-state index contributed by atoms with van der Waals surface area (Å²) in [5, 5.41) is 13.0. The van der Waals surface area contributed by atoms with Gasteiger partial charge >= 0.3 is 12.1 Å². The summed E-state index contributed by atoms with van der Waals surface area (Å²) in [5.74, 6) is -0.376. The Bertz CT molecular complexity index is 1180. The lowest BCUT2D eigenvalue weighted by Gasteiger charge is -2.40. The normalized spacial score (nSPS) is 23.7. The summed E-state index contributed by atoms with van der Waals surface area (Å²) < 4.78 is 4.93. The Labute approximate surface area is 204 Å². The van der Waals surface area contributed by atoms with Crippen molar-refractivity contribution < 1.29 is 24.2 Å². The second kappa shape index (κ2) is 8.91. The van der Waals surface area contributed by atoms with Crippen molar-refractivity contribution in [2.75, 3.05) is 12.4 Å². The van der Waals surface area contributed by atoms with E-state index in [1.54, 1.807) is 17.0 Å².